The van der Waals surface area contributed by atoms with Gasteiger partial charge in [0, 0.05) is 32.7 Å². The van der Waals surface area contributed by atoms with Crippen LogP contribution in [0.15, 0.2) is 24.3 Å². The number of carbonyl (C=O) groups is 1. The molecular formula is C18H27N5OS. The maximum Gasteiger partial charge on any atom is 0.230 e. The molecule has 1 atom stereocenters. The van der Waals surface area contributed by atoms with Crippen molar-refractivity contribution in [3.05, 3.63) is 30.1 Å². The molecule has 6 nitrogen and oxygen atoms in total. The first-order chi connectivity index (χ1) is 12.2. The van der Waals surface area contributed by atoms with Gasteiger partial charge in [-0.3, -0.25) is 4.79 Å². The van der Waals surface area contributed by atoms with Crippen LogP contribution in [0.2, 0.25) is 0 Å². The van der Waals surface area contributed by atoms with Crippen LogP contribution in [0.5, 0.6) is 0 Å². The molecule has 1 unspecified atom stereocenters. The van der Waals surface area contributed by atoms with Crippen LogP contribution in [-0.2, 0) is 4.79 Å². The van der Waals surface area contributed by atoms with E-state index in [4.69, 9.17) is 0 Å². The van der Waals surface area contributed by atoms with Crippen LogP contribution < -0.4 is 10.6 Å². The minimum atomic E-state index is 0.105. The highest BCUT2D eigenvalue weighted by molar-refractivity contribution is 8.00. The van der Waals surface area contributed by atoms with E-state index < -0.39 is 0 Å². The molecule has 0 saturated carbocycles. The van der Waals surface area contributed by atoms with Crippen LogP contribution in [0.1, 0.15) is 24.4 Å². The van der Waals surface area contributed by atoms with Crippen molar-refractivity contribution >= 4 is 28.7 Å². The lowest BCUT2D eigenvalue weighted by atomic mass is 10.3. The minimum Gasteiger partial charge on any atom is -0.355 e. The minimum absolute atomic E-state index is 0.105. The molecule has 2 aromatic rings. The topological polar surface area (TPSA) is 73.1 Å². The molecule has 1 aliphatic rings. The number of aromatic amines is 1. The molecule has 25 heavy (non-hydrogen) atoms. The molecular weight excluding hydrogens is 334 g/mol. The third-order valence-electron chi connectivity index (χ3n) is 4.44. The number of thioether (sulfide) groups is 1. The molecule has 2 heterocycles. The number of fused-ring (bicyclic) bond motifs is 1. The molecule has 1 amide bonds. The van der Waals surface area contributed by atoms with Gasteiger partial charge < -0.3 is 20.5 Å². The molecule has 1 fully saturated rings. The molecule has 0 spiro atoms. The number of piperazine rings is 1. The predicted octanol–water partition coefficient (Wildman–Crippen LogP) is 1.77. The van der Waals surface area contributed by atoms with E-state index in [1.165, 1.54) is 0 Å². The summed E-state index contributed by atoms with van der Waals surface area (Å²) in [4.78, 5) is 22.4. The number of benzene rings is 1. The molecule has 136 valence electrons. The quantitative estimate of drug-likeness (QED) is 0.625. The van der Waals surface area contributed by atoms with E-state index >= 15 is 0 Å². The number of para-hydroxylation sites is 2. The first kappa shape index (κ1) is 18.2. The lowest BCUT2D eigenvalue weighted by molar-refractivity contribution is -0.118. The Hall–Kier alpha value is -1.57. The molecule has 7 heteroatoms. The number of hydrogen-bond acceptors (Lipinski definition) is 5. The average molecular weight is 362 g/mol. The van der Waals surface area contributed by atoms with E-state index in [1.54, 1.807) is 11.8 Å². The molecule has 3 N–H and O–H groups in total. The summed E-state index contributed by atoms with van der Waals surface area (Å²) in [5.41, 5.74) is 2.02. The van der Waals surface area contributed by atoms with Crippen molar-refractivity contribution in [2.75, 3.05) is 45.0 Å². The molecule has 0 bridgehead atoms. The Kier molecular flexibility index (Phi) is 6.72. The third kappa shape index (κ3) is 5.45. The summed E-state index contributed by atoms with van der Waals surface area (Å²) < 4.78 is 0. The molecule has 1 aromatic carbocycles. The van der Waals surface area contributed by atoms with Gasteiger partial charge in [-0.25, -0.2) is 4.98 Å². The number of aromatic nitrogens is 2. The van der Waals surface area contributed by atoms with Crippen LogP contribution in [0.3, 0.4) is 0 Å². The van der Waals surface area contributed by atoms with Gasteiger partial charge in [-0.05, 0) is 32.0 Å². The van der Waals surface area contributed by atoms with Crippen LogP contribution >= 0.6 is 11.8 Å². The van der Waals surface area contributed by atoms with Gasteiger partial charge in [-0.15, -0.1) is 11.8 Å². The molecule has 0 radical (unpaired) electrons. The number of amides is 1. The normalized spacial score (nSPS) is 16.8. The van der Waals surface area contributed by atoms with Crippen LogP contribution in [0.4, 0.5) is 0 Å². The number of nitrogens with one attached hydrogen (secondary N) is 3. The number of nitrogens with zero attached hydrogens (tertiary/aromatic N) is 2. The van der Waals surface area contributed by atoms with Crippen molar-refractivity contribution in [2.45, 2.75) is 18.6 Å². The van der Waals surface area contributed by atoms with Crippen LogP contribution in [-0.4, -0.2) is 65.8 Å². The Bertz CT molecular complexity index is 650. The average Bonchev–Trinajstić information content (AvgIpc) is 3.08. The van der Waals surface area contributed by atoms with Gasteiger partial charge >= 0.3 is 0 Å². The first-order valence-corrected chi connectivity index (χ1v) is 10.0. The van der Waals surface area contributed by atoms with E-state index in [1.807, 2.05) is 24.3 Å². The number of carbonyl (C=O) groups excluding carboxylic acids is 1. The zero-order valence-electron chi connectivity index (χ0n) is 14.8. The number of rotatable bonds is 8. The van der Waals surface area contributed by atoms with E-state index in [9.17, 15) is 4.79 Å². The van der Waals surface area contributed by atoms with Crippen molar-refractivity contribution in [2.24, 2.45) is 0 Å². The molecule has 0 aliphatic carbocycles. The Morgan fingerprint density at radius 2 is 2.16 bits per heavy atom. The van der Waals surface area contributed by atoms with E-state index in [2.05, 4.69) is 32.4 Å². The van der Waals surface area contributed by atoms with Gasteiger partial charge in [0.2, 0.25) is 5.91 Å². The summed E-state index contributed by atoms with van der Waals surface area (Å²) in [6.07, 6.45) is 1.01. The van der Waals surface area contributed by atoms with Crippen molar-refractivity contribution in [1.82, 2.24) is 25.5 Å². The first-order valence-electron chi connectivity index (χ1n) is 8.98. The zero-order valence-corrected chi connectivity index (χ0v) is 15.6. The van der Waals surface area contributed by atoms with E-state index in [0.717, 1.165) is 62.5 Å². The Morgan fingerprint density at radius 3 is 2.96 bits per heavy atom. The maximum absolute atomic E-state index is 12.0. The van der Waals surface area contributed by atoms with Crippen molar-refractivity contribution < 1.29 is 4.79 Å². The second-order valence-electron chi connectivity index (χ2n) is 6.39. The summed E-state index contributed by atoms with van der Waals surface area (Å²) in [7, 11) is 0. The van der Waals surface area contributed by atoms with E-state index in [0.29, 0.717) is 5.75 Å². The van der Waals surface area contributed by atoms with Gasteiger partial charge in [0.25, 0.3) is 0 Å². The Morgan fingerprint density at radius 1 is 1.36 bits per heavy atom. The largest absolute Gasteiger partial charge is 0.355 e. The van der Waals surface area contributed by atoms with Gasteiger partial charge in [-0.1, -0.05) is 12.1 Å². The summed E-state index contributed by atoms with van der Waals surface area (Å²) in [5, 5.41) is 6.54. The third-order valence-corrected chi connectivity index (χ3v) is 5.59. The second-order valence-corrected chi connectivity index (χ2v) is 7.72. The Balaban J connectivity index is 1.34. The van der Waals surface area contributed by atoms with Crippen LogP contribution in [0, 0.1) is 0 Å². The summed E-state index contributed by atoms with van der Waals surface area (Å²) in [6, 6.07) is 8.00. The summed E-state index contributed by atoms with van der Waals surface area (Å²) >= 11 is 1.61. The van der Waals surface area contributed by atoms with Crippen molar-refractivity contribution in [3.63, 3.8) is 0 Å². The van der Waals surface area contributed by atoms with Crippen molar-refractivity contribution in [3.8, 4) is 0 Å². The lowest BCUT2D eigenvalue weighted by Crippen LogP contribution is -2.44. The summed E-state index contributed by atoms with van der Waals surface area (Å²) in [6.45, 7) is 8.26. The lowest BCUT2D eigenvalue weighted by Gasteiger charge is -2.27. The van der Waals surface area contributed by atoms with Gasteiger partial charge in [-0.2, -0.15) is 0 Å². The van der Waals surface area contributed by atoms with Crippen molar-refractivity contribution in [1.29, 1.82) is 0 Å². The Labute approximate surface area is 153 Å². The number of hydrogen-bond donors (Lipinski definition) is 3. The number of H-pyrrole nitrogens is 1. The second kappa shape index (κ2) is 9.22. The fourth-order valence-corrected chi connectivity index (χ4v) is 3.73. The van der Waals surface area contributed by atoms with Crippen LogP contribution in [0.25, 0.3) is 11.0 Å². The number of imidazole rings is 1. The van der Waals surface area contributed by atoms with E-state index in [-0.39, 0.29) is 11.2 Å². The highest BCUT2D eigenvalue weighted by atomic mass is 32.2. The highest BCUT2D eigenvalue weighted by Gasteiger charge is 2.13. The smallest absolute Gasteiger partial charge is 0.230 e. The SMILES string of the molecule is CC(SCC(=O)NCCCN1CCNCC1)c1nc2ccccc2[nH]1. The fourth-order valence-electron chi connectivity index (χ4n) is 2.96. The molecule has 1 aromatic heterocycles. The fraction of sp³-hybridized carbons (Fsp3) is 0.556. The maximum atomic E-state index is 12.0. The highest BCUT2D eigenvalue weighted by Crippen LogP contribution is 2.27. The molecule has 3 rings (SSSR count). The van der Waals surface area contributed by atoms with Gasteiger partial charge in [0.1, 0.15) is 5.82 Å². The van der Waals surface area contributed by atoms with Gasteiger partial charge in [0.15, 0.2) is 0 Å². The standard InChI is InChI=1S/C18H27N5OS/c1-14(18-21-15-5-2-3-6-16(15)22-18)25-13-17(24)20-7-4-10-23-11-8-19-9-12-23/h2-3,5-6,14,19H,4,7-13H2,1H3,(H,20,24)(H,21,22). The van der Waals surface area contributed by atoms with Gasteiger partial charge in [0.05, 0.1) is 22.0 Å². The monoisotopic (exact) mass is 361 g/mol. The zero-order chi connectivity index (χ0) is 17.5. The molecule has 1 saturated heterocycles. The molecule has 1 aliphatic heterocycles. The summed E-state index contributed by atoms with van der Waals surface area (Å²) in [5.74, 6) is 1.50. The predicted molar refractivity (Wildman–Crippen MR) is 104 cm³/mol.